The van der Waals surface area contributed by atoms with E-state index in [1.807, 2.05) is 0 Å². The summed E-state index contributed by atoms with van der Waals surface area (Å²) in [5, 5.41) is 2.90. The predicted octanol–water partition coefficient (Wildman–Crippen LogP) is 1.31. The van der Waals surface area contributed by atoms with Crippen molar-refractivity contribution in [2.24, 2.45) is 11.7 Å². The average Bonchev–Trinajstić information content (AvgIpc) is 3.25. The van der Waals surface area contributed by atoms with Gasteiger partial charge in [0, 0.05) is 12.7 Å². The number of nitrogens with zero attached hydrogens (tertiary/aromatic N) is 1. The van der Waals surface area contributed by atoms with Crippen LogP contribution in [0.4, 0.5) is 0 Å². The predicted molar refractivity (Wildman–Crippen MR) is 74.5 cm³/mol. The van der Waals surface area contributed by atoms with E-state index in [9.17, 15) is 4.79 Å². The van der Waals surface area contributed by atoms with E-state index in [2.05, 4.69) is 22.1 Å². The molecule has 3 N–H and O–H groups in total. The fraction of sp³-hybridized carbons (Fsp3) is 0.467. The quantitative estimate of drug-likeness (QED) is 0.617. The second-order valence-corrected chi connectivity index (χ2v) is 4.75. The van der Waals surface area contributed by atoms with Crippen LogP contribution in [0, 0.1) is 17.8 Å². The van der Waals surface area contributed by atoms with Crippen molar-refractivity contribution < 1.29 is 4.79 Å². The fourth-order valence-corrected chi connectivity index (χ4v) is 1.92. The molecule has 4 heteroatoms. The summed E-state index contributed by atoms with van der Waals surface area (Å²) in [4.78, 5) is 16.1. The highest BCUT2D eigenvalue weighted by Crippen LogP contribution is 2.33. The Labute approximate surface area is 113 Å². The molecule has 1 aromatic heterocycles. The van der Waals surface area contributed by atoms with Gasteiger partial charge in [-0.2, -0.15) is 0 Å². The Hall–Kier alpha value is -1.86. The smallest absolute Gasteiger partial charge is 0.271 e. The van der Waals surface area contributed by atoms with Crippen molar-refractivity contribution in [2.75, 3.05) is 13.1 Å². The van der Waals surface area contributed by atoms with Crippen molar-refractivity contribution in [3.63, 3.8) is 0 Å². The van der Waals surface area contributed by atoms with Crippen LogP contribution in [0.3, 0.4) is 0 Å². The normalized spacial score (nSPS) is 13.5. The summed E-state index contributed by atoms with van der Waals surface area (Å²) < 4.78 is 0. The van der Waals surface area contributed by atoms with Gasteiger partial charge in [-0.1, -0.05) is 24.7 Å². The van der Waals surface area contributed by atoms with Gasteiger partial charge in [-0.05, 0) is 30.9 Å². The molecule has 1 heterocycles. The van der Waals surface area contributed by atoms with Crippen molar-refractivity contribution in [1.82, 2.24) is 10.3 Å². The van der Waals surface area contributed by atoms with E-state index in [-0.39, 0.29) is 12.5 Å². The number of nitrogens with one attached hydrogen (secondary N) is 1. The monoisotopic (exact) mass is 257 g/mol. The van der Waals surface area contributed by atoms with Gasteiger partial charge >= 0.3 is 0 Å². The molecule has 1 aliphatic carbocycles. The lowest BCUT2D eigenvalue weighted by molar-refractivity contribution is 0.0947. The van der Waals surface area contributed by atoms with Crippen molar-refractivity contribution in [2.45, 2.75) is 25.7 Å². The third kappa shape index (κ3) is 4.38. The number of rotatable bonds is 5. The van der Waals surface area contributed by atoms with Crippen LogP contribution in [0.2, 0.25) is 0 Å². The van der Waals surface area contributed by atoms with Gasteiger partial charge in [-0.25, -0.2) is 4.98 Å². The van der Waals surface area contributed by atoms with Gasteiger partial charge in [0.05, 0.1) is 12.1 Å². The molecule has 1 aromatic rings. The number of amides is 1. The molecule has 1 fully saturated rings. The minimum atomic E-state index is -0.155. The first-order valence-corrected chi connectivity index (χ1v) is 6.73. The molecule has 0 unspecified atom stereocenters. The van der Waals surface area contributed by atoms with Crippen LogP contribution in [0.1, 0.15) is 41.7 Å². The number of pyridine rings is 1. The minimum Gasteiger partial charge on any atom is -0.351 e. The highest BCUT2D eigenvalue weighted by atomic mass is 16.1. The van der Waals surface area contributed by atoms with Crippen LogP contribution < -0.4 is 11.1 Å². The molecule has 0 spiro atoms. The van der Waals surface area contributed by atoms with E-state index >= 15 is 0 Å². The van der Waals surface area contributed by atoms with E-state index in [1.165, 1.54) is 19.3 Å². The van der Waals surface area contributed by atoms with Crippen molar-refractivity contribution in [3.8, 4) is 11.8 Å². The van der Waals surface area contributed by atoms with E-state index in [1.54, 1.807) is 18.3 Å². The molecule has 0 aliphatic heterocycles. The first-order valence-electron chi connectivity index (χ1n) is 6.73. The number of hydrogen-bond acceptors (Lipinski definition) is 3. The molecule has 1 amide bonds. The summed E-state index contributed by atoms with van der Waals surface area (Å²) in [6, 6.07) is 3.55. The lowest BCUT2D eigenvalue weighted by Crippen LogP contribution is -2.26. The SMILES string of the molecule is NCC#Cc1cccnc1C(=O)NCCCC1CC1. The van der Waals surface area contributed by atoms with Gasteiger partial charge in [-0.15, -0.1) is 0 Å². The molecule has 0 saturated heterocycles. The third-order valence-corrected chi connectivity index (χ3v) is 3.12. The average molecular weight is 257 g/mol. The number of carbonyl (C=O) groups is 1. The summed E-state index contributed by atoms with van der Waals surface area (Å²) in [7, 11) is 0. The number of hydrogen-bond donors (Lipinski definition) is 2. The largest absolute Gasteiger partial charge is 0.351 e. The molecule has 4 nitrogen and oxygen atoms in total. The number of carbonyl (C=O) groups excluding carboxylic acids is 1. The fourth-order valence-electron chi connectivity index (χ4n) is 1.92. The molecule has 0 radical (unpaired) electrons. The zero-order valence-electron chi connectivity index (χ0n) is 11.0. The summed E-state index contributed by atoms with van der Waals surface area (Å²) in [5.41, 5.74) is 6.36. The highest BCUT2D eigenvalue weighted by molar-refractivity contribution is 5.94. The van der Waals surface area contributed by atoms with E-state index in [4.69, 9.17) is 5.73 Å². The lowest BCUT2D eigenvalue weighted by Gasteiger charge is -2.05. The number of aromatic nitrogens is 1. The highest BCUT2D eigenvalue weighted by Gasteiger charge is 2.20. The van der Waals surface area contributed by atoms with Gasteiger partial charge in [0.15, 0.2) is 0 Å². The summed E-state index contributed by atoms with van der Waals surface area (Å²) in [5.74, 6) is 6.37. The Kier molecular flexibility index (Phi) is 4.93. The molecule has 1 aliphatic rings. The Balaban J connectivity index is 1.89. The van der Waals surface area contributed by atoms with E-state index in [0.717, 1.165) is 12.3 Å². The van der Waals surface area contributed by atoms with E-state index < -0.39 is 0 Å². The van der Waals surface area contributed by atoms with Gasteiger partial charge in [0.25, 0.3) is 5.91 Å². The van der Waals surface area contributed by atoms with Crippen LogP contribution in [-0.2, 0) is 0 Å². The Bertz CT molecular complexity index is 498. The van der Waals surface area contributed by atoms with Gasteiger partial charge < -0.3 is 11.1 Å². The zero-order valence-corrected chi connectivity index (χ0v) is 11.0. The summed E-state index contributed by atoms with van der Waals surface area (Å²) >= 11 is 0. The molecule has 0 bridgehead atoms. The Morgan fingerprint density at radius 2 is 2.37 bits per heavy atom. The van der Waals surface area contributed by atoms with Crippen LogP contribution >= 0.6 is 0 Å². The maximum Gasteiger partial charge on any atom is 0.271 e. The van der Waals surface area contributed by atoms with E-state index in [0.29, 0.717) is 17.8 Å². The Morgan fingerprint density at radius 1 is 1.53 bits per heavy atom. The first-order chi connectivity index (χ1) is 9.31. The Morgan fingerprint density at radius 3 is 3.11 bits per heavy atom. The van der Waals surface area contributed by atoms with Crippen LogP contribution in [-0.4, -0.2) is 24.0 Å². The molecular formula is C15H19N3O. The molecule has 100 valence electrons. The minimum absolute atomic E-state index is 0.155. The molecule has 19 heavy (non-hydrogen) atoms. The second-order valence-electron chi connectivity index (χ2n) is 4.75. The molecule has 1 saturated carbocycles. The second kappa shape index (κ2) is 6.91. The number of nitrogens with two attached hydrogens (primary N) is 1. The van der Waals surface area contributed by atoms with Crippen molar-refractivity contribution in [3.05, 3.63) is 29.6 Å². The van der Waals surface area contributed by atoms with Crippen molar-refractivity contribution >= 4 is 5.91 Å². The van der Waals surface area contributed by atoms with Crippen LogP contribution in [0.25, 0.3) is 0 Å². The molecule has 0 atom stereocenters. The van der Waals surface area contributed by atoms with Gasteiger partial charge in [0.2, 0.25) is 0 Å². The summed E-state index contributed by atoms with van der Waals surface area (Å²) in [6.45, 7) is 0.979. The molecular weight excluding hydrogens is 238 g/mol. The molecule has 0 aromatic carbocycles. The zero-order chi connectivity index (χ0) is 13.5. The van der Waals surface area contributed by atoms with Crippen LogP contribution in [0.15, 0.2) is 18.3 Å². The third-order valence-electron chi connectivity index (χ3n) is 3.12. The van der Waals surface area contributed by atoms with Crippen molar-refractivity contribution in [1.29, 1.82) is 0 Å². The summed E-state index contributed by atoms with van der Waals surface area (Å²) in [6.07, 6.45) is 6.56. The maximum atomic E-state index is 12.0. The van der Waals surface area contributed by atoms with Gasteiger partial charge in [-0.3, -0.25) is 4.79 Å². The van der Waals surface area contributed by atoms with Gasteiger partial charge in [0.1, 0.15) is 5.69 Å². The first kappa shape index (κ1) is 13.6. The standard InChI is InChI=1S/C15H19N3O/c16-9-1-5-13-6-3-10-17-14(13)15(19)18-11-2-4-12-7-8-12/h3,6,10,12H,2,4,7-9,11,16H2,(H,18,19). The maximum absolute atomic E-state index is 12.0. The van der Waals surface area contributed by atoms with Crippen LogP contribution in [0.5, 0.6) is 0 Å². The topological polar surface area (TPSA) is 68.0 Å². The molecule has 2 rings (SSSR count). The lowest BCUT2D eigenvalue weighted by atomic mass is 10.1.